The minimum Gasteiger partial charge on any atom is -0.476 e. The highest BCUT2D eigenvalue weighted by atomic mass is 35.5. The molecule has 0 unspecified atom stereocenters. The maximum Gasteiger partial charge on any atom is 0.358 e. The standard InChI is InChI=1S/C11H7ClFN3O2/c12-5-1-2-6(7(13)3-5)8-4-15-10(14)9(16-8)11(17)18/h1-4H,(H2,14,15)(H,17,18). The summed E-state index contributed by atoms with van der Waals surface area (Å²) in [6.45, 7) is 0. The molecule has 92 valence electrons. The first-order valence-electron chi connectivity index (χ1n) is 4.80. The van der Waals surface area contributed by atoms with Gasteiger partial charge in [0.2, 0.25) is 0 Å². The number of nitrogens with zero attached hydrogens (tertiary/aromatic N) is 2. The summed E-state index contributed by atoms with van der Waals surface area (Å²) >= 11 is 5.62. The number of hydrogen-bond acceptors (Lipinski definition) is 4. The Morgan fingerprint density at radius 1 is 1.44 bits per heavy atom. The van der Waals surface area contributed by atoms with Crippen LogP contribution in [0.5, 0.6) is 0 Å². The molecule has 0 saturated carbocycles. The van der Waals surface area contributed by atoms with Gasteiger partial charge < -0.3 is 10.8 Å². The molecule has 1 heterocycles. The van der Waals surface area contributed by atoms with Gasteiger partial charge in [0.25, 0.3) is 0 Å². The Morgan fingerprint density at radius 3 is 2.78 bits per heavy atom. The van der Waals surface area contributed by atoms with Crippen LogP contribution in [0.25, 0.3) is 11.3 Å². The van der Waals surface area contributed by atoms with Gasteiger partial charge in [0, 0.05) is 10.6 Å². The molecule has 0 spiro atoms. The monoisotopic (exact) mass is 267 g/mol. The van der Waals surface area contributed by atoms with Crippen LogP contribution in [0.4, 0.5) is 10.2 Å². The average molecular weight is 268 g/mol. The van der Waals surface area contributed by atoms with Crippen LogP contribution in [-0.2, 0) is 0 Å². The van der Waals surface area contributed by atoms with E-state index in [1.807, 2.05) is 0 Å². The minimum absolute atomic E-state index is 0.0794. The Morgan fingerprint density at radius 2 is 2.17 bits per heavy atom. The summed E-state index contributed by atoms with van der Waals surface area (Å²) in [5.41, 5.74) is 5.13. The lowest BCUT2D eigenvalue weighted by molar-refractivity contribution is 0.0691. The highest BCUT2D eigenvalue weighted by Crippen LogP contribution is 2.24. The number of aromatic carboxylic acids is 1. The minimum atomic E-state index is -1.32. The van der Waals surface area contributed by atoms with Crippen molar-refractivity contribution in [3.8, 4) is 11.3 Å². The second-order valence-corrected chi connectivity index (χ2v) is 3.85. The highest BCUT2D eigenvalue weighted by molar-refractivity contribution is 6.30. The fourth-order valence-electron chi connectivity index (χ4n) is 1.38. The van der Waals surface area contributed by atoms with Crippen LogP contribution in [0.3, 0.4) is 0 Å². The van der Waals surface area contributed by atoms with E-state index in [2.05, 4.69) is 9.97 Å². The normalized spacial score (nSPS) is 10.3. The molecule has 2 aromatic rings. The van der Waals surface area contributed by atoms with Gasteiger partial charge in [0.15, 0.2) is 11.5 Å². The second-order valence-electron chi connectivity index (χ2n) is 3.42. The number of aromatic nitrogens is 2. The summed E-state index contributed by atoms with van der Waals surface area (Å²) in [6.07, 6.45) is 1.20. The Labute approximate surface area is 106 Å². The zero-order valence-electron chi connectivity index (χ0n) is 8.89. The topological polar surface area (TPSA) is 89.1 Å². The SMILES string of the molecule is Nc1ncc(-c2ccc(Cl)cc2F)nc1C(=O)O. The van der Waals surface area contributed by atoms with Gasteiger partial charge >= 0.3 is 5.97 Å². The molecule has 2 rings (SSSR count). The van der Waals surface area contributed by atoms with Gasteiger partial charge in [-0.25, -0.2) is 19.2 Å². The molecule has 0 aliphatic heterocycles. The molecule has 5 nitrogen and oxygen atoms in total. The van der Waals surface area contributed by atoms with Crippen LogP contribution >= 0.6 is 11.6 Å². The van der Waals surface area contributed by atoms with Gasteiger partial charge in [-0.05, 0) is 18.2 Å². The Kier molecular flexibility index (Phi) is 3.12. The predicted molar refractivity (Wildman–Crippen MR) is 63.8 cm³/mol. The van der Waals surface area contributed by atoms with Crippen LogP contribution in [0.15, 0.2) is 24.4 Å². The molecule has 0 bridgehead atoms. The number of carboxylic acid groups (broad SMARTS) is 1. The van der Waals surface area contributed by atoms with Crippen LogP contribution in [-0.4, -0.2) is 21.0 Å². The molecule has 0 saturated heterocycles. The summed E-state index contributed by atoms with van der Waals surface area (Å²) in [6, 6.07) is 3.97. The summed E-state index contributed by atoms with van der Waals surface area (Å²) in [5, 5.41) is 9.09. The summed E-state index contributed by atoms with van der Waals surface area (Å²) in [4.78, 5) is 18.3. The number of halogens is 2. The van der Waals surface area contributed by atoms with E-state index < -0.39 is 17.5 Å². The zero-order valence-corrected chi connectivity index (χ0v) is 9.65. The molecule has 18 heavy (non-hydrogen) atoms. The van der Waals surface area contributed by atoms with Crippen molar-refractivity contribution in [3.05, 3.63) is 40.9 Å². The molecule has 1 aromatic carbocycles. The van der Waals surface area contributed by atoms with Crippen molar-refractivity contribution in [2.24, 2.45) is 0 Å². The molecule has 0 aliphatic carbocycles. The van der Waals surface area contributed by atoms with Crippen molar-refractivity contribution in [1.29, 1.82) is 0 Å². The van der Waals surface area contributed by atoms with Gasteiger partial charge in [-0.3, -0.25) is 0 Å². The molecule has 0 atom stereocenters. The summed E-state index contributed by atoms with van der Waals surface area (Å²) in [5.74, 6) is -2.16. The molecule has 0 fully saturated rings. The fraction of sp³-hybridized carbons (Fsp3) is 0. The number of nitrogens with two attached hydrogens (primary N) is 1. The van der Waals surface area contributed by atoms with E-state index in [0.29, 0.717) is 0 Å². The highest BCUT2D eigenvalue weighted by Gasteiger charge is 2.15. The number of benzene rings is 1. The molecular weight excluding hydrogens is 261 g/mol. The van der Waals surface area contributed by atoms with Gasteiger partial charge in [-0.2, -0.15) is 0 Å². The lowest BCUT2D eigenvalue weighted by atomic mass is 10.1. The van der Waals surface area contributed by atoms with Crippen molar-refractivity contribution in [1.82, 2.24) is 9.97 Å². The molecule has 0 radical (unpaired) electrons. The first-order chi connectivity index (χ1) is 8.49. The van der Waals surface area contributed by atoms with Crippen molar-refractivity contribution >= 4 is 23.4 Å². The lowest BCUT2D eigenvalue weighted by Gasteiger charge is -2.05. The first-order valence-corrected chi connectivity index (χ1v) is 5.18. The second kappa shape index (κ2) is 4.58. The average Bonchev–Trinajstić information content (AvgIpc) is 2.30. The van der Waals surface area contributed by atoms with E-state index in [-0.39, 0.29) is 22.1 Å². The van der Waals surface area contributed by atoms with Crippen LogP contribution in [0.1, 0.15) is 10.5 Å². The number of nitrogen functional groups attached to an aromatic ring is 1. The maximum atomic E-state index is 13.6. The van der Waals surface area contributed by atoms with E-state index in [0.717, 1.165) is 6.07 Å². The van der Waals surface area contributed by atoms with Crippen molar-refractivity contribution in [3.63, 3.8) is 0 Å². The van der Waals surface area contributed by atoms with E-state index in [1.54, 1.807) is 0 Å². The number of carbonyl (C=O) groups is 1. The molecular formula is C11H7ClFN3O2. The van der Waals surface area contributed by atoms with Crippen LogP contribution in [0.2, 0.25) is 5.02 Å². The number of rotatable bonds is 2. The Hall–Kier alpha value is -2.21. The quantitative estimate of drug-likeness (QED) is 0.871. The first kappa shape index (κ1) is 12.3. The van der Waals surface area contributed by atoms with E-state index >= 15 is 0 Å². The Bertz CT molecular complexity index is 634. The summed E-state index contributed by atoms with van der Waals surface area (Å²) in [7, 11) is 0. The summed E-state index contributed by atoms with van der Waals surface area (Å²) < 4.78 is 13.6. The number of anilines is 1. The van der Waals surface area contributed by atoms with Gasteiger partial charge in [-0.1, -0.05) is 11.6 Å². The maximum absolute atomic E-state index is 13.6. The van der Waals surface area contributed by atoms with Crippen LogP contribution < -0.4 is 5.73 Å². The number of carboxylic acids is 1. The largest absolute Gasteiger partial charge is 0.476 e. The zero-order chi connectivity index (χ0) is 13.3. The third-order valence-electron chi connectivity index (χ3n) is 2.21. The van der Waals surface area contributed by atoms with E-state index in [4.69, 9.17) is 22.4 Å². The molecule has 1 aromatic heterocycles. The third kappa shape index (κ3) is 2.23. The lowest BCUT2D eigenvalue weighted by Crippen LogP contribution is -2.08. The van der Waals surface area contributed by atoms with Crippen LogP contribution in [0, 0.1) is 5.82 Å². The van der Waals surface area contributed by atoms with E-state index in [9.17, 15) is 9.18 Å². The van der Waals surface area contributed by atoms with Gasteiger partial charge in [0.1, 0.15) is 5.82 Å². The predicted octanol–water partition coefficient (Wildman–Crippen LogP) is 2.22. The van der Waals surface area contributed by atoms with Gasteiger partial charge in [0.05, 0.1) is 11.9 Å². The Balaban J connectivity index is 2.58. The fourth-order valence-corrected chi connectivity index (χ4v) is 1.54. The van der Waals surface area contributed by atoms with Crippen molar-refractivity contribution < 1.29 is 14.3 Å². The van der Waals surface area contributed by atoms with Gasteiger partial charge in [-0.15, -0.1) is 0 Å². The van der Waals surface area contributed by atoms with E-state index in [1.165, 1.54) is 18.3 Å². The smallest absolute Gasteiger partial charge is 0.358 e. The number of hydrogen-bond donors (Lipinski definition) is 2. The molecule has 3 N–H and O–H groups in total. The molecule has 0 amide bonds. The molecule has 0 aliphatic rings. The van der Waals surface area contributed by atoms with Crippen molar-refractivity contribution in [2.75, 3.05) is 5.73 Å². The van der Waals surface area contributed by atoms with Crippen molar-refractivity contribution in [2.45, 2.75) is 0 Å². The third-order valence-corrected chi connectivity index (χ3v) is 2.45. The molecule has 7 heteroatoms.